The van der Waals surface area contributed by atoms with Crippen LogP contribution in [0.25, 0.3) is 0 Å². The molecule has 17 heavy (non-hydrogen) atoms. The number of aromatic hydroxyl groups is 1. The summed E-state index contributed by atoms with van der Waals surface area (Å²) in [5, 5.41) is 13.9. The van der Waals surface area contributed by atoms with E-state index < -0.39 is 0 Å². The maximum absolute atomic E-state index is 11.3. The molecular formula is C13H14N2O2. The van der Waals surface area contributed by atoms with Crippen LogP contribution < -0.4 is 0 Å². The molecule has 1 aromatic heterocycles. The summed E-state index contributed by atoms with van der Waals surface area (Å²) in [5.74, 6) is 0.242. The summed E-state index contributed by atoms with van der Waals surface area (Å²) in [6.45, 7) is 1.51. The number of rotatable bonds is 3. The first-order chi connectivity index (χ1) is 8.08. The lowest BCUT2D eigenvalue weighted by Gasteiger charge is -2.00. The van der Waals surface area contributed by atoms with E-state index in [-0.39, 0.29) is 11.5 Å². The molecule has 0 saturated heterocycles. The van der Waals surface area contributed by atoms with Crippen LogP contribution in [0, 0.1) is 0 Å². The number of phenols is 1. The standard InChI is InChI=1S/C13H14N2O2/c1-9(16)12-8-11(14-15(12)2)7-10-5-3-4-6-13(10)17/h3-6,8,17H,7H2,1-2H3. The van der Waals surface area contributed by atoms with E-state index in [9.17, 15) is 9.90 Å². The first kappa shape index (κ1) is 11.4. The normalized spacial score (nSPS) is 10.5. The third-order valence-corrected chi connectivity index (χ3v) is 2.65. The third kappa shape index (κ3) is 2.36. The zero-order valence-electron chi connectivity index (χ0n) is 9.84. The minimum absolute atomic E-state index is 0.0106. The number of Topliss-reactive ketones (excluding diaryl/α,β-unsaturated/α-hetero) is 1. The fourth-order valence-electron chi connectivity index (χ4n) is 1.80. The van der Waals surface area contributed by atoms with Gasteiger partial charge < -0.3 is 5.11 Å². The fraction of sp³-hybridized carbons (Fsp3) is 0.231. The highest BCUT2D eigenvalue weighted by atomic mass is 16.3. The molecule has 88 valence electrons. The third-order valence-electron chi connectivity index (χ3n) is 2.65. The predicted octanol–water partition coefficient (Wildman–Crippen LogP) is 1.92. The van der Waals surface area contributed by atoms with Gasteiger partial charge in [-0.1, -0.05) is 18.2 Å². The number of carbonyl (C=O) groups is 1. The van der Waals surface area contributed by atoms with Crippen LogP contribution in [0.15, 0.2) is 30.3 Å². The number of benzene rings is 1. The van der Waals surface area contributed by atoms with Gasteiger partial charge in [-0.2, -0.15) is 5.10 Å². The summed E-state index contributed by atoms with van der Waals surface area (Å²) < 4.78 is 1.57. The average molecular weight is 230 g/mol. The van der Waals surface area contributed by atoms with Gasteiger partial charge in [-0.05, 0) is 17.7 Å². The van der Waals surface area contributed by atoms with Crippen molar-refractivity contribution in [1.29, 1.82) is 0 Å². The Labute approximate surface area is 99.5 Å². The first-order valence-corrected chi connectivity index (χ1v) is 5.38. The molecule has 0 amide bonds. The smallest absolute Gasteiger partial charge is 0.177 e. The molecule has 0 radical (unpaired) electrons. The van der Waals surface area contributed by atoms with Gasteiger partial charge in [0.1, 0.15) is 11.4 Å². The molecular weight excluding hydrogens is 216 g/mol. The monoisotopic (exact) mass is 230 g/mol. The Bertz CT molecular complexity index is 558. The second-order valence-corrected chi connectivity index (χ2v) is 4.01. The second kappa shape index (κ2) is 4.41. The topological polar surface area (TPSA) is 55.1 Å². The van der Waals surface area contributed by atoms with E-state index in [1.54, 1.807) is 29.9 Å². The van der Waals surface area contributed by atoms with Gasteiger partial charge in [0.2, 0.25) is 0 Å². The highest BCUT2D eigenvalue weighted by Crippen LogP contribution is 2.19. The molecule has 2 rings (SSSR count). The van der Waals surface area contributed by atoms with E-state index in [4.69, 9.17) is 0 Å². The van der Waals surface area contributed by atoms with Crippen molar-refractivity contribution in [3.8, 4) is 5.75 Å². The highest BCUT2D eigenvalue weighted by molar-refractivity contribution is 5.92. The molecule has 1 N–H and O–H groups in total. The summed E-state index contributed by atoms with van der Waals surface area (Å²) in [6, 6.07) is 8.89. The van der Waals surface area contributed by atoms with Crippen molar-refractivity contribution in [2.75, 3.05) is 0 Å². The highest BCUT2D eigenvalue weighted by Gasteiger charge is 2.10. The Morgan fingerprint density at radius 3 is 2.71 bits per heavy atom. The van der Waals surface area contributed by atoms with Crippen molar-refractivity contribution in [3.05, 3.63) is 47.3 Å². The van der Waals surface area contributed by atoms with Gasteiger partial charge in [0.15, 0.2) is 5.78 Å². The number of phenolic OH excluding ortho intramolecular Hbond substituents is 1. The van der Waals surface area contributed by atoms with Gasteiger partial charge in [-0.25, -0.2) is 0 Å². The zero-order chi connectivity index (χ0) is 12.4. The van der Waals surface area contributed by atoms with Crippen molar-refractivity contribution < 1.29 is 9.90 Å². The number of ketones is 1. The van der Waals surface area contributed by atoms with E-state index >= 15 is 0 Å². The van der Waals surface area contributed by atoms with Crippen LogP contribution in [0.2, 0.25) is 0 Å². The van der Waals surface area contributed by atoms with Crippen LogP contribution in [-0.2, 0) is 13.5 Å². The molecule has 1 heterocycles. The van der Waals surface area contributed by atoms with E-state index in [2.05, 4.69) is 5.10 Å². The molecule has 2 aromatic rings. The molecule has 4 heteroatoms. The fourth-order valence-corrected chi connectivity index (χ4v) is 1.80. The summed E-state index contributed by atoms with van der Waals surface area (Å²) in [5.41, 5.74) is 2.16. The largest absolute Gasteiger partial charge is 0.508 e. The van der Waals surface area contributed by atoms with Crippen molar-refractivity contribution in [2.24, 2.45) is 7.05 Å². The van der Waals surface area contributed by atoms with Crippen LogP contribution in [0.5, 0.6) is 5.75 Å². The molecule has 0 spiro atoms. The Morgan fingerprint density at radius 2 is 2.12 bits per heavy atom. The lowest BCUT2D eigenvalue weighted by molar-refractivity contribution is 0.100. The number of hydrogen-bond acceptors (Lipinski definition) is 3. The molecule has 0 bridgehead atoms. The number of para-hydroxylation sites is 1. The van der Waals surface area contributed by atoms with Crippen molar-refractivity contribution in [1.82, 2.24) is 9.78 Å². The predicted molar refractivity (Wildman–Crippen MR) is 64.1 cm³/mol. The quantitative estimate of drug-likeness (QED) is 0.819. The van der Waals surface area contributed by atoms with Crippen molar-refractivity contribution in [3.63, 3.8) is 0 Å². The molecule has 0 unspecified atom stereocenters. The zero-order valence-corrected chi connectivity index (χ0v) is 9.84. The number of nitrogens with zero attached hydrogens (tertiary/aromatic N) is 2. The van der Waals surface area contributed by atoms with Crippen molar-refractivity contribution in [2.45, 2.75) is 13.3 Å². The molecule has 0 aliphatic rings. The molecule has 4 nitrogen and oxygen atoms in total. The van der Waals surface area contributed by atoms with Gasteiger partial charge in [-0.3, -0.25) is 9.48 Å². The lowest BCUT2D eigenvalue weighted by atomic mass is 10.1. The first-order valence-electron chi connectivity index (χ1n) is 5.38. The van der Waals surface area contributed by atoms with E-state index in [1.807, 2.05) is 12.1 Å². The Balaban J connectivity index is 2.28. The van der Waals surface area contributed by atoms with Gasteiger partial charge in [0, 0.05) is 20.4 Å². The van der Waals surface area contributed by atoms with Gasteiger partial charge in [-0.15, -0.1) is 0 Å². The van der Waals surface area contributed by atoms with Gasteiger partial charge in [0.05, 0.1) is 5.69 Å². The van der Waals surface area contributed by atoms with Crippen molar-refractivity contribution >= 4 is 5.78 Å². The Hall–Kier alpha value is -2.10. The van der Waals surface area contributed by atoms with E-state index in [1.165, 1.54) is 6.92 Å². The van der Waals surface area contributed by atoms with Crippen LogP contribution in [0.3, 0.4) is 0 Å². The van der Waals surface area contributed by atoms with Crippen LogP contribution in [0.1, 0.15) is 28.7 Å². The molecule has 0 aliphatic carbocycles. The molecule has 0 saturated carbocycles. The molecule has 0 atom stereocenters. The number of hydrogen-bond donors (Lipinski definition) is 1. The molecule has 0 aliphatic heterocycles. The van der Waals surface area contributed by atoms with Gasteiger partial charge >= 0.3 is 0 Å². The second-order valence-electron chi connectivity index (χ2n) is 4.01. The van der Waals surface area contributed by atoms with E-state index in [0.717, 1.165) is 11.3 Å². The number of carbonyl (C=O) groups excluding carboxylic acids is 1. The minimum atomic E-state index is -0.0106. The molecule has 1 aromatic carbocycles. The summed E-state index contributed by atoms with van der Waals surface area (Å²) in [6.07, 6.45) is 0.522. The number of aryl methyl sites for hydroxylation is 1. The summed E-state index contributed by atoms with van der Waals surface area (Å²) >= 11 is 0. The maximum Gasteiger partial charge on any atom is 0.177 e. The Kier molecular flexibility index (Phi) is 2.95. The number of aromatic nitrogens is 2. The summed E-state index contributed by atoms with van der Waals surface area (Å²) in [4.78, 5) is 11.3. The van der Waals surface area contributed by atoms with Crippen LogP contribution >= 0.6 is 0 Å². The van der Waals surface area contributed by atoms with E-state index in [0.29, 0.717) is 12.1 Å². The van der Waals surface area contributed by atoms with Crippen LogP contribution in [0.4, 0.5) is 0 Å². The lowest BCUT2D eigenvalue weighted by Crippen LogP contribution is -2.02. The summed E-state index contributed by atoms with van der Waals surface area (Å²) in [7, 11) is 1.74. The average Bonchev–Trinajstić information content (AvgIpc) is 2.63. The Morgan fingerprint density at radius 1 is 1.41 bits per heavy atom. The van der Waals surface area contributed by atoms with Gasteiger partial charge in [0.25, 0.3) is 0 Å². The maximum atomic E-state index is 11.3. The molecule has 0 fully saturated rings. The minimum Gasteiger partial charge on any atom is -0.508 e. The SMILES string of the molecule is CC(=O)c1cc(Cc2ccccc2O)nn1C. The van der Waals surface area contributed by atoms with Crippen LogP contribution in [-0.4, -0.2) is 20.7 Å².